The minimum atomic E-state index is 0. The minimum absolute atomic E-state index is 0. The maximum absolute atomic E-state index is 5.68. The van der Waals surface area contributed by atoms with Gasteiger partial charge in [0, 0.05) is 26.5 Å². The summed E-state index contributed by atoms with van der Waals surface area (Å²) in [5.41, 5.74) is 0.992. The van der Waals surface area contributed by atoms with Crippen LogP contribution in [0.4, 0.5) is 5.13 Å². The maximum Gasteiger partial charge on any atom is 0.191 e. The molecule has 0 bridgehead atoms. The lowest BCUT2D eigenvalue weighted by molar-refractivity contribution is 0.321. The van der Waals surface area contributed by atoms with Gasteiger partial charge >= 0.3 is 0 Å². The van der Waals surface area contributed by atoms with E-state index in [0.717, 1.165) is 28.3 Å². The van der Waals surface area contributed by atoms with Gasteiger partial charge in [-0.15, -0.1) is 35.3 Å². The predicted octanol–water partition coefficient (Wildman–Crippen LogP) is 2.58. The number of rotatable bonds is 8. The molecule has 0 amide bonds. The van der Waals surface area contributed by atoms with Gasteiger partial charge in [-0.25, -0.2) is 4.98 Å². The first-order chi connectivity index (χ1) is 12.1. The zero-order chi connectivity index (χ0) is 18.1. The molecule has 2 N–H and O–H groups in total. The zero-order valence-corrected chi connectivity index (χ0v) is 18.6. The SMILES string of the molecule is CN=C(NCCOc1ccc(OC)cc1)NCc1csc(N(C)C)n1.I. The van der Waals surface area contributed by atoms with Crippen LogP contribution in [0, 0.1) is 0 Å². The highest BCUT2D eigenvalue weighted by molar-refractivity contribution is 14.0. The van der Waals surface area contributed by atoms with Crippen molar-refractivity contribution in [2.45, 2.75) is 6.54 Å². The van der Waals surface area contributed by atoms with Gasteiger partial charge in [-0.05, 0) is 24.3 Å². The van der Waals surface area contributed by atoms with E-state index in [-0.39, 0.29) is 24.0 Å². The molecule has 7 nitrogen and oxygen atoms in total. The number of hydrogen-bond donors (Lipinski definition) is 2. The van der Waals surface area contributed by atoms with Crippen LogP contribution in [0.5, 0.6) is 11.5 Å². The summed E-state index contributed by atoms with van der Waals surface area (Å²) < 4.78 is 10.8. The average Bonchev–Trinajstić information content (AvgIpc) is 3.11. The number of benzene rings is 1. The van der Waals surface area contributed by atoms with Crippen LogP contribution in [0.1, 0.15) is 5.69 Å². The van der Waals surface area contributed by atoms with Crippen molar-refractivity contribution in [3.05, 3.63) is 35.3 Å². The molecule has 2 rings (SSSR count). The lowest BCUT2D eigenvalue weighted by Gasteiger charge is -2.12. The summed E-state index contributed by atoms with van der Waals surface area (Å²) in [7, 11) is 7.36. The lowest BCUT2D eigenvalue weighted by Crippen LogP contribution is -2.38. The number of methoxy groups -OCH3 is 1. The van der Waals surface area contributed by atoms with Gasteiger partial charge in [0.05, 0.1) is 25.9 Å². The second kappa shape index (κ2) is 11.8. The van der Waals surface area contributed by atoms with Gasteiger partial charge in [0.15, 0.2) is 11.1 Å². The maximum atomic E-state index is 5.68. The van der Waals surface area contributed by atoms with Gasteiger partial charge in [0.1, 0.15) is 18.1 Å². The summed E-state index contributed by atoms with van der Waals surface area (Å²) in [6.07, 6.45) is 0. The number of hydrogen-bond acceptors (Lipinski definition) is 6. The first-order valence-electron chi connectivity index (χ1n) is 7.95. The van der Waals surface area contributed by atoms with E-state index in [1.54, 1.807) is 25.5 Å². The van der Waals surface area contributed by atoms with Crippen molar-refractivity contribution in [1.29, 1.82) is 0 Å². The fourth-order valence-corrected chi connectivity index (χ4v) is 2.75. The Balaban J connectivity index is 0.00000338. The molecule has 0 aliphatic rings. The van der Waals surface area contributed by atoms with Crippen molar-refractivity contribution in [2.75, 3.05) is 46.3 Å². The van der Waals surface area contributed by atoms with Crippen LogP contribution in [-0.2, 0) is 6.54 Å². The van der Waals surface area contributed by atoms with Crippen LogP contribution in [0.2, 0.25) is 0 Å². The molecular weight excluding hydrogens is 465 g/mol. The lowest BCUT2D eigenvalue weighted by atomic mass is 10.3. The molecule has 2 aromatic rings. The molecule has 0 fully saturated rings. The van der Waals surface area contributed by atoms with E-state index >= 15 is 0 Å². The number of halogens is 1. The third-order valence-electron chi connectivity index (χ3n) is 3.31. The van der Waals surface area contributed by atoms with Crippen LogP contribution in [-0.4, -0.2) is 52.3 Å². The third kappa shape index (κ3) is 7.24. The molecule has 0 aliphatic carbocycles. The molecule has 144 valence electrons. The van der Waals surface area contributed by atoms with Crippen molar-refractivity contribution in [3.8, 4) is 11.5 Å². The summed E-state index contributed by atoms with van der Waals surface area (Å²) in [6, 6.07) is 7.52. The first-order valence-corrected chi connectivity index (χ1v) is 8.83. The zero-order valence-electron chi connectivity index (χ0n) is 15.5. The molecule has 0 atom stereocenters. The van der Waals surface area contributed by atoms with E-state index in [9.17, 15) is 0 Å². The number of nitrogens with zero attached hydrogens (tertiary/aromatic N) is 3. The summed E-state index contributed by atoms with van der Waals surface area (Å²) in [5.74, 6) is 2.34. The standard InChI is InChI=1S/C17H25N5O2S.HI/c1-18-16(20-11-13-12-25-17(21-13)22(2)3)19-9-10-24-15-7-5-14(23-4)6-8-15;/h5-8,12H,9-11H2,1-4H3,(H2,18,19,20);1H. The minimum Gasteiger partial charge on any atom is -0.497 e. The summed E-state index contributed by atoms with van der Waals surface area (Å²) in [4.78, 5) is 10.7. The molecule has 0 unspecified atom stereocenters. The second-order valence-electron chi connectivity index (χ2n) is 5.39. The quantitative estimate of drug-likeness (QED) is 0.256. The molecule has 0 spiro atoms. The summed E-state index contributed by atoms with van der Waals surface area (Å²) >= 11 is 1.62. The molecule has 1 aromatic heterocycles. The van der Waals surface area contributed by atoms with Crippen molar-refractivity contribution < 1.29 is 9.47 Å². The molecule has 0 radical (unpaired) electrons. The van der Waals surface area contributed by atoms with E-state index in [0.29, 0.717) is 19.7 Å². The highest BCUT2D eigenvalue weighted by atomic mass is 127. The number of thiazole rings is 1. The Labute approximate surface area is 175 Å². The van der Waals surface area contributed by atoms with E-state index in [4.69, 9.17) is 9.47 Å². The number of ether oxygens (including phenoxy) is 2. The molecule has 9 heteroatoms. The molecular formula is C17H26IN5O2S. The number of guanidine groups is 1. The molecule has 0 saturated heterocycles. The van der Waals surface area contributed by atoms with Crippen molar-refractivity contribution >= 4 is 46.4 Å². The third-order valence-corrected chi connectivity index (χ3v) is 4.36. The highest BCUT2D eigenvalue weighted by Crippen LogP contribution is 2.18. The summed E-state index contributed by atoms with van der Waals surface area (Å²) in [5, 5.41) is 9.50. The predicted molar refractivity (Wildman–Crippen MR) is 119 cm³/mol. The number of aromatic nitrogens is 1. The monoisotopic (exact) mass is 491 g/mol. The van der Waals surface area contributed by atoms with E-state index in [2.05, 4.69) is 20.6 Å². The van der Waals surface area contributed by atoms with Crippen LogP contribution < -0.4 is 25.0 Å². The number of aliphatic imine (C=N–C) groups is 1. The number of nitrogens with one attached hydrogen (secondary N) is 2. The van der Waals surface area contributed by atoms with Crippen LogP contribution >= 0.6 is 35.3 Å². The average molecular weight is 491 g/mol. The largest absolute Gasteiger partial charge is 0.497 e. The Bertz CT molecular complexity index is 676. The van der Waals surface area contributed by atoms with Crippen LogP contribution in [0.3, 0.4) is 0 Å². The van der Waals surface area contributed by atoms with Gasteiger partial charge in [-0.3, -0.25) is 4.99 Å². The topological polar surface area (TPSA) is 71.0 Å². The smallest absolute Gasteiger partial charge is 0.191 e. The van der Waals surface area contributed by atoms with E-state index in [1.165, 1.54) is 0 Å². The molecule has 1 heterocycles. The van der Waals surface area contributed by atoms with Crippen LogP contribution in [0.25, 0.3) is 0 Å². The van der Waals surface area contributed by atoms with Crippen molar-refractivity contribution in [3.63, 3.8) is 0 Å². The molecule has 1 aromatic carbocycles. The first kappa shape index (κ1) is 22.3. The van der Waals surface area contributed by atoms with Crippen LogP contribution in [0.15, 0.2) is 34.6 Å². The van der Waals surface area contributed by atoms with Gasteiger partial charge in [-0.1, -0.05) is 0 Å². The normalized spacial score (nSPS) is 10.7. The Morgan fingerprint density at radius 1 is 1.19 bits per heavy atom. The van der Waals surface area contributed by atoms with Gasteiger partial charge in [0.2, 0.25) is 0 Å². The molecule has 0 aliphatic heterocycles. The van der Waals surface area contributed by atoms with Crippen molar-refractivity contribution in [1.82, 2.24) is 15.6 Å². The molecule has 0 saturated carbocycles. The Hall–Kier alpha value is -1.75. The van der Waals surface area contributed by atoms with Gasteiger partial charge in [-0.2, -0.15) is 0 Å². The van der Waals surface area contributed by atoms with E-state index in [1.807, 2.05) is 48.6 Å². The highest BCUT2D eigenvalue weighted by Gasteiger charge is 2.04. The Morgan fingerprint density at radius 2 is 1.88 bits per heavy atom. The summed E-state index contributed by atoms with van der Waals surface area (Å²) in [6.45, 7) is 1.81. The van der Waals surface area contributed by atoms with Gasteiger partial charge in [0.25, 0.3) is 0 Å². The second-order valence-corrected chi connectivity index (χ2v) is 6.23. The van der Waals surface area contributed by atoms with E-state index < -0.39 is 0 Å². The van der Waals surface area contributed by atoms with Gasteiger partial charge < -0.3 is 25.0 Å². The Morgan fingerprint density at radius 3 is 2.46 bits per heavy atom. The Kier molecular flexibility index (Phi) is 10.1. The fraction of sp³-hybridized carbons (Fsp3) is 0.412. The number of anilines is 1. The fourth-order valence-electron chi connectivity index (χ4n) is 1.99. The molecule has 26 heavy (non-hydrogen) atoms. The van der Waals surface area contributed by atoms with Crippen molar-refractivity contribution in [2.24, 2.45) is 4.99 Å².